The minimum atomic E-state index is -0.888. The van der Waals surface area contributed by atoms with E-state index in [9.17, 15) is 9.59 Å². The van der Waals surface area contributed by atoms with Gasteiger partial charge in [-0.3, -0.25) is 9.59 Å². The molecule has 2 rings (SSSR count). The number of hydrogen-bond donors (Lipinski definition) is 1. The number of thiophene rings is 1. The van der Waals surface area contributed by atoms with Gasteiger partial charge in [-0.25, -0.2) is 0 Å². The Balaban J connectivity index is 2.13. The number of carboxylic acids is 1. The number of halogens is 1. The third-order valence-electron chi connectivity index (χ3n) is 3.79. The van der Waals surface area contributed by atoms with Crippen LogP contribution >= 0.6 is 27.3 Å². The molecule has 1 aliphatic heterocycles. The van der Waals surface area contributed by atoms with E-state index >= 15 is 0 Å². The molecule has 1 aromatic rings. The molecule has 1 saturated heterocycles. The second-order valence-electron chi connectivity index (χ2n) is 5.20. The van der Waals surface area contributed by atoms with Gasteiger partial charge in [0, 0.05) is 24.6 Å². The Morgan fingerprint density at radius 3 is 2.81 bits per heavy atom. The lowest BCUT2D eigenvalue weighted by Crippen LogP contribution is -2.39. The Morgan fingerprint density at radius 1 is 1.57 bits per heavy atom. The van der Waals surface area contributed by atoms with Crippen LogP contribution < -0.4 is 0 Å². The molecule has 21 heavy (non-hydrogen) atoms. The Morgan fingerprint density at radius 2 is 2.29 bits per heavy atom. The fourth-order valence-electron chi connectivity index (χ4n) is 2.64. The lowest BCUT2D eigenvalue weighted by atomic mass is 10.1. The van der Waals surface area contributed by atoms with Crippen molar-refractivity contribution in [2.24, 2.45) is 0 Å². The van der Waals surface area contributed by atoms with Gasteiger partial charge in [-0.15, -0.1) is 11.3 Å². The first-order chi connectivity index (χ1) is 9.92. The van der Waals surface area contributed by atoms with Gasteiger partial charge in [0.15, 0.2) is 0 Å². The van der Waals surface area contributed by atoms with Crippen molar-refractivity contribution in [2.75, 3.05) is 13.7 Å². The number of carbonyl (C=O) groups is 2. The van der Waals surface area contributed by atoms with Crippen molar-refractivity contribution >= 4 is 39.1 Å². The number of likely N-dealkylation sites (tertiary alicyclic amines) is 1. The lowest BCUT2D eigenvalue weighted by molar-refractivity contribution is -0.140. The van der Waals surface area contributed by atoms with E-state index in [1.807, 2.05) is 19.1 Å². The van der Waals surface area contributed by atoms with E-state index in [1.165, 1.54) is 11.3 Å². The summed E-state index contributed by atoms with van der Waals surface area (Å²) in [5.41, 5.74) is 0. The van der Waals surface area contributed by atoms with E-state index in [-0.39, 0.29) is 30.4 Å². The lowest BCUT2D eigenvalue weighted by Gasteiger charge is -2.26. The van der Waals surface area contributed by atoms with Crippen LogP contribution in [0.3, 0.4) is 0 Å². The number of hydrogen-bond acceptors (Lipinski definition) is 4. The molecule has 0 bridgehead atoms. The number of methoxy groups -OCH3 is 1. The van der Waals surface area contributed by atoms with Gasteiger partial charge in [0.2, 0.25) is 5.91 Å². The summed E-state index contributed by atoms with van der Waals surface area (Å²) in [6.07, 6.45) is 0.461. The van der Waals surface area contributed by atoms with Gasteiger partial charge in [-0.05, 0) is 41.4 Å². The Bertz CT molecular complexity index is 533. The highest BCUT2D eigenvalue weighted by molar-refractivity contribution is 9.11. The fraction of sp³-hybridized carbons (Fsp3) is 0.571. The average molecular weight is 376 g/mol. The number of amides is 1. The van der Waals surface area contributed by atoms with E-state index < -0.39 is 5.97 Å². The van der Waals surface area contributed by atoms with Gasteiger partial charge < -0.3 is 14.7 Å². The molecule has 1 aromatic heterocycles. The molecule has 1 aliphatic rings. The second-order valence-corrected chi connectivity index (χ2v) is 7.69. The predicted octanol–water partition coefficient (Wildman–Crippen LogP) is 2.70. The summed E-state index contributed by atoms with van der Waals surface area (Å²) < 4.78 is 6.28. The van der Waals surface area contributed by atoms with Gasteiger partial charge in [-0.2, -0.15) is 0 Å². The summed E-state index contributed by atoms with van der Waals surface area (Å²) in [7, 11) is 1.59. The number of carbonyl (C=O) groups excluding carboxylic acids is 1. The van der Waals surface area contributed by atoms with E-state index in [1.54, 1.807) is 12.0 Å². The van der Waals surface area contributed by atoms with E-state index in [0.29, 0.717) is 13.0 Å². The third kappa shape index (κ3) is 3.84. The topological polar surface area (TPSA) is 66.8 Å². The van der Waals surface area contributed by atoms with Crippen molar-refractivity contribution in [1.29, 1.82) is 0 Å². The number of nitrogens with zero attached hydrogens (tertiary/aromatic N) is 1. The normalized spacial score (nSPS) is 23.3. The van der Waals surface area contributed by atoms with Gasteiger partial charge in [-0.1, -0.05) is 0 Å². The maximum atomic E-state index is 12.7. The zero-order chi connectivity index (χ0) is 15.6. The molecule has 1 amide bonds. The van der Waals surface area contributed by atoms with Crippen molar-refractivity contribution in [2.45, 2.75) is 37.8 Å². The minimum absolute atomic E-state index is 0.0323. The molecule has 7 heteroatoms. The van der Waals surface area contributed by atoms with E-state index in [0.717, 1.165) is 8.66 Å². The quantitative estimate of drug-likeness (QED) is 0.858. The van der Waals surface area contributed by atoms with Crippen LogP contribution in [0.2, 0.25) is 0 Å². The highest BCUT2D eigenvalue weighted by atomic mass is 79.9. The standard InChI is InChI=1S/C14H18BrNO4S/c1-8(11-3-4-12(15)21-11)14(19)16-7-10(20-2)5-9(16)6-13(17)18/h3-4,8-10H,5-7H2,1-2H3,(H,17,18). The van der Waals surface area contributed by atoms with Crippen molar-refractivity contribution in [3.63, 3.8) is 0 Å². The molecule has 5 nitrogen and oxygen atoms in total. The van der Waals surface area contributed by atoms with Gasteiger partial charge >= 0.3 is 5.97 Å². The summed E-state index contributed by atoms with van der Waals surface area (Å²) in [6.45, 7) is 2.32. The number of rotatable bonds is 5. The first kappa shape index (κ1) is 16.5. The molecule has 3 unspecified atom stereocenters. The highest BCUT2D eigenvalue weighted by Gasteiger charge is 2.38. The van der Waals surface area contributed by atoms with Gasteiger partial charge in [0.25, 0.3) is 0 Å². The maximum Gasteiger partial charge on any atom is 0.305 e. The zero-order valence-corrected chi connectivity index (χ0v) is 14.3. The summed E-state index contributed by atoms with van der Waals surface area (Å²) in [5, 5.41) is 9.01. The monoisotopic (exact) mass is 375 g/mol. The number of carboxylic acid groups (broad SMARTS) is 1. The molecule has 116 valence electrons. The van der Waals surface area contributed by atoms with Crippen LogP contribution in [0.1, 0.15) is 30.6 Å². The number of ether oxygens (including phenoxy) is 1. The van der Waals surface area contributed by atoms with Crippen molar-refractivity contribution in [1.82, 2.24) is 4.90 Å². The summed E-state index contributed by atoms with van der Waals surface area (Å²) >= 11 is 4.92. The summed E-state index contributed by atoms with van der Waals surface area (Å²) in [5.74, 6) is -1.19. The number of aliphatic carboxylic acids is 1. The van der Waals surface area contributed by atoms with Gasteiger partial charge in [0.05, 0.1) is 22.2 Å². The van der Waals surface area contributed by atoms with Crippen molar-refractivity contribution in [3.8, 4) is 0 Å². The van der Waals surface area contributed by atoms with Crippen LogP contribution in [0.15, 0.2) is 15.9 Å². The first-order valence-corrected chi connectivity index (χ1v) is 8.33. The Kier molecular flexibility index (Phi) is 5.40. The molecule has 2 heterocycles. The van der Waals surface area contributed by atoms with Crippen molar-refractivity contribution in [3.05, 3.63) is 20.8 Å². The molecule has 1 N–H and O–H groups in total. The average Bonchev–Trinajstić information content (AvgIpc) is 3.03. The van der Waals surface area contributed by atoms with Crippen LogP contribution in [0.25, 0.3) is 0 Å². The minimum Gasteiger partial charge on any atom is -0.481 e. The molecule has 0 saturated carbocycles. The van der Waals surface area contributed by atoms with Crippen molar-refractivity contribution < 1.29 is 19.4 Å². The fourth-order valence-corrected chi connectivity index (χ4v) is 4.11. The van der Waals surface area contributed by atoms with Crippen LogP contribution in [-0.4, -0.2) is 47.7 Å². The molecule has 0 spiro atoms. The predicted molar refractivity (Wildman–Crippen MR) is 83.6 cm³/mol. The smallest absolute Gasteiger partial charge is 0.305 e. The summed E-state index contributed by atoms with van der Waals surface area (Å²) in [4.78, 5) is 26.3. The molecular weight excluding hydrogens is 358 g/mol. The Hall–Kier alpha value is -0.920. The van der Waals surface area contributed by atoms with Crippen LogP contribution in [-0.2, 0) is 14.3 Å². The van der Waals surface area contributed by atoms with Crippen LogP contribution in [0.5, 0.6) is 0 Å². The molecule has 0 aliphatic carbocycles. The van der Waals surface area contributed by atoms with Crippen LogP contribution in [0, 0.1) is 0 Å². The van der Waals surface area contributed by atoms with Gasteiger partial charge in [0.1, 0.15) is 0 Å². The van der Waals surface area contributed by atoms with Crippen LogP contribution in [0.4, 0.5) is 0 Å². The van der Waals surface area contributed by atoms with E-state index in [4.69, 9.17) is 9.84 Å². The second kappa shape index (κ2) is 6.89. The SMILES string of the molecule is COC1CC(CC(=O)O)N(C(=O)C(C)c2ccc(Br)s2)C1. The Labute approximate surface area is 136 Å². The third-order valence-corrected chi connectivity index (χ3v) is 5.60. The van der Waals surface area contributed by atoms with E-state index in [2.05, 4.69) is 15.9 Å². The highest BCUT2D eigenvalue weighted by Crippen LogP contribution is 2.32. The molecular formula is C14H18BrNO4S. The largest absolute Gasteiger partial charge is 0.481 e. The zero-order valence-electron chi connectivity index (χ0n) is 11.9. The first-order valence-electron chi connectivity index (χ1n) is 6.72. The molecule has 1 fully saturated rings. The summed E-state index contributed by atoms with van der Waals surface area (Å²) in [6, 6.07) is 3.55. The molecule has 0 radical (unpaired) electrons. The maximum absolute atomic E-state index is 12.7. The molecule has 3 atom stereocenters. The molecule has 0 aromatic carbocycles.